The number of aromatic nitrogens is 2. The molecule has 0 aliphatic heterocycles. The summed E-state index contributed by atoms with van der Waals surface area (Å²) < 4.78 is 0. The van der Waals surface area contributed by atoms with Gasteiger partial charge in [0.15, 0.2) is 0 Å². The van der Waals surface area contributed by atoms with Gasteiger partial charge in [0.05, 0.1) is 23.6 Å². The Kier molecular flexibility index (Phi) is 4.75. The second-order valence-corrected chi connectivity index (χ2v) is 3.27. The summed E-state index contributed by atoms with van der Waals surface area (Å²) in [6, 6.07) is 0.0268. The van der Waals surface area contributed by atoms with Crippen LogP contribution in [-0.2, 0) is 0 Å². The van der Waals surface area contributed by atoms with Crippen molar-refractivity contribution in [3.8, 4) is 11.8 Å². The first-order chi connectivity index (χ1) is 7.27. The van der Waals surface area contributed by atoms with E-state index in [1.807, 2.05) is 13.8 Å². The Morgan fingerprint density at radius 2 is 2.27 bits per heavy atom. The van der Waals surface area contributed by atoms with E-state index in [1.165, 1.54) is 0 Å². The number of nitrogens with one attached hydrogen (secondary N) is 1. The van der Waals surface area contributed by atoms with Crippen LogP contribution < -0.4 is 11.3 Å². The third kappa shape index (κ3) is 3.66. The molecular weight excluding hydrogens is 188 g/mol. The van der Waals surface area contributed by atoms with Gasteiger partial charge in [-0.3, -0.25) is 21.2 Å². The maximum atomic E-state index is 5.46. The Bertz CT molecular complexity index is 347. The van der Waals surface area contributed by atoms with Gasteiger partial charge in [-0.1, -0.05) is 0 Å². The van der Waals surface area contributed by atoms with Gasteiger partial charge in [-0.25, -0.2) is 0 Å². The van der Waals surface area contributed by atoms with Crippen LogP contribution in [0.15, 0.2) is 12.4 Å². The van der Waals surface area contributed by atoms with Crippen molar-refractivity contribution in [3.63, 3.8) is 0 Å². The quantitative estimate of drug-likeness (QED) is 0.438. The van der Waals surface area contributed by atoms with Crippen molar-refractivity contribution in [1.82, 2.24) is 15.4 Å². The lowest BCUT2D eigenvalue weighted by atomic mass is 10.1. The average molecular weight is 204 g/mol. The highest BCUT2D eigenvalue weighted by Crippen LogP contribution is 2.13. The summed E-state index contributed by atoms with van der Waals surface area (Å²) in [5.74, 6) is 11.3. The molecule has 0 aliphatic rings. The highest BCUT2D eigenvalue weighted by Gasteiger charge is 2.09. The molecule has 15 heavy (non-hydrogen) atoms. The van der Waals surface area contributed by atoms with Gasteiger partial charge in [0.2, 0.25) is 0 Å². The first-order valence-electron chi connectivity index (χ1n) is 4.92. The largest absolute Gasteiger partial charge is 0.271 e. The van der Waals surface area contributed by atoms with Gasteiger partial charge in [0, 0.05) is 12.6 Å². The Morgan fingerprint density at radius 1 is 1.47 bits per heavy atom. The summed E-state index contributed by atoms with van der Waals surface area (Å²) in [6.45, 7) is 3.74. The van der Waals surface area contributed by atoms with Crippen LogP contribution in [0.1, 0.15) is 37.2 Å². The molecule has 1 aromatic rings. The van der Waals surface area contributed by atoms with E-state index < -0.39 is 0 Å². The van der Waals surface area contributed by atoms with Crippen LogP contribution in [0.2, 0.25) is 0 Å². The molecule has 0 saturated carbocycles. The van der Waals surface area contributed by atoms with Crippen molar-refractivity contribution in [1.29, 1.82) is 0 Å². The zero-order chi connectivity index (χ0) is 11.1. The first kappa shape index (κ1) is 11.6. The third-order valence-corrected chi connectivity index (χ3v) is 2.09. The summed E-state index contributed by atoms with van der Waals surface area (Å²) in [5, 5.41) is 0. The van der Waals surface area contributed by atoms with Gasteiger partial charge in [-0.05, 0) is 20.3 Å². The van der Waals surface area contributed by atoms with Crippen LogP contribution >= 0.6 is 0 Å². The molecule has 3 N–H and O–H groups in total. The third-order valence-electron chi connectivity index (χ3n) is 2.09. The zero-order valence-corrected chi connectivity index (χ0v) is 9.12. The van der Waals surface area contributed by atoms with Crippen molar-refractivity contribution in [2.75, 3.05) is 0 Å². The topological polar surface area (TPSA) is 63.8 Å². The van der Waals surface area contributed by atoms with Crippen LogP contribution in [0.3, 0.4) is 0 Å². The van der Waals surface area contributed by atoms with Crippen molar-refractivity contribution < 1.29 is 0 Å². The molecule has 1 heterocycles. The highest BCUT2D eigenvalue weighted by atomic mass is 15.2. The number of nitrogens with zero attached hydrogens (tertiary/aromatic N) is 2. The van der Waals surface area contributed by atoms with Crippen LogP contribution in [0, 0.1) is 18.8 Å². The predicted molar refractivity (Wildman–Crippen MR) is 59.5 cm³/mol. The van der Waals surface area contributed by atoms with Crippen molar-refractivity contribution in [2.45, 2.75) is 32.7 Å². The fraction of sp³-hybridized carbons (Fsp3) is 0.455. The lowest BCUT2D eigenvalue weighted by molar-refractivity contribution is 0.509. The second-order valence-electron chi connectivity index (χ2n) is 3.27. The van der Waals surface area contributed by atoms with E-state index in [-0.39, 0.29) is 6.04 Å². The Balaban J connectivity index is 2.64. The molecule has 0 spiro atoms. The smallest absolute Gasteiger partial charge is 0.0770 e. The molecule has 0 radical (unpaired) electrons. The fourth-order valence-electron chi connectivity index (χ4n) is 1.24. The van der Waals surface area contributed by atoms with Crippen LogP contribution in [0.4, 0.5) is 0 Å². The monoisotopic (exact) mass is 204 g/mol. The Hall–Kier alpha value is -1.44. The standard InChI is InChI=1S/C11H16N4/c1-3-4-5-6-10(15-12)11-8-13-9(2)7-14-11/h7-8,10,15H,5-6,12H2,1-2H3. The van der Waals surface area contributed by atoms with Crippen molar-refractivity contribution >= 4 is 0 Å². The van der Waals surface area contributed by atoms with Gasteiger partial charge in [-0.2, -0.15) is 0 Å². The van der Waals surface area contributed by atoms with E-state index in [4.69, 9.17) is 5.84 Å². The molecule has 0 aromatic carbocycles. The summed E-state index contributed by atoms with van der Waals surface area (Å²) in [6.07, 6.45) is 5.14. The van der Waals surface area contributed by atoms with Gasteiger partial charge in [0.25, 0.3) is 0 Å². The molecule has 0 aliphatic carbocycles. The van der Waals surface area contributed by atoms with E-state index in [2.05, 4.69) is 27.2 Å². The molecule has 4 heteroatoms. The number of aryl methyl sites for hydroxylation is 1. The summed E-state index contributed by atoms with van der Waals surface area (Å²) in [5.41, 5.74) is 4.49. The Morgan fingerprint density at radius 3 is 2.80 bits per heavy atom. The summed E-state index contributed by atoms with van der Waals surface area (Å²) in [7, 11) is 0. The maximum absolute atomic E-state index is 5.46. The summed E-state index contributed by atoms with van der Waals surface area (Å²) >= 11 is 0. The molecular formula is C11H16N4. The molecule has 0 saturated heterocycles. The lowest BCUT2D eigenvalue weighted by Gasteiger charge is -2.13. The number of hydrazine groups is 1. The molecule has 1 unspecified atom stereocenters. The first-order valence-corrected chi connectivity index (χ1v) is 4.92. The van der Waals surface area contributed by atoms with E-state index in [0.29, 0.717) is 0 Å². The molecule has 1 atom stereocenters. The van der Waals surface area contributed by atoms with E-state index in [9.17, 15) is 0 Å². The van der Waals surface area contributed by atoms with E-state index >= 15 is 0 Å². The average Bonchev–Trinajstić information content (AvgIpc) is 2.26. The molecule has 4 nitrogen and oxygen atoms in total. The zero-order valence-electron chi connectivity index (χ0n) is 9.12. The normalized spacial score (nSPS) is 11.7. The minimum absolute atomic E-state index is 0.0268. The van der Waals surface area contributed by atoms with Crippen LogP contribution in [-0.4, -0.2) is 9.97 Å². The van der Waals surface area contributed by atoms with Crippen molar-refractivity contribution in [2.24, 2.45) is 5.84 Å². The van der Waals surface area contributed by atoms with Crippen molar-refractivity contribution in [3.05, 3.63) is 23.8 Å². The molecule has 1 aromatic heterocycles. The van der Waals surface area contributed by atoms with Crippen LogP contribution in [0.5, 0.6) is 0 Å². The maximum Gasteiger partial charge on any atom is 0.0770 e. The summed E-state index contributed by atoms with van der Waals surface area (Å²) in [4.78, 5) is 8.46. The van der Waals surface area contributed by atoms with Gasteiger partial charge >= 0.3 is 0 Å². The predicted octanol–water partition coefficient (Wildman–Crippen LogP) is 1.09. The lowest BCUT2D eigenvalue weighted by Crippen LogP contribution is -2.28. The molecule has 0 amide bonds. The van der Waals surface area contributed by atoms with Gasteiger partial charge < -0.3 is 0 Å². The van der Waals surface area contributed by atoms with E-state index in [1.54, 1.807) is 12.4 Å². The van der Waals surface area contributed by atoms with Gasteiger partial charge in [0.1, 0.15) is 0 Å². The molecule has 0 fully saturated rings. The molecule has 80 valence electrons. The molecule has 1 rings (SSSR count). The Labute approximate surface area is 90.3 Å². The number of hydrogen-bond donors (Lipinski definition) is 2. The molecule has 0 bridgehead atoms. The fourth-order valence-corrected chi connectivity index (χ4v) is 1.24. The number of nitrogens with two attached hydrogens (primary N) is 1. The second kappa shape index (κ2) is 6.12. The van der Waals surface area contributed by atoms with E-state index in [0.717, 1.165) is 24.2 Å². The SMILES string of the molecule is CC#CCCC(NN)c1cnc(C)cn1. The minimum atomic E-state index is 0.0268. The highest BCUT2D eigenvalue weighted by molar-refractivity contribution is 5.06. The minimum Gasteiger partial charge on any atom is -0.271 e. The number of rotatable bonds is 4. The number of hydrogen-bond acceptors (Lipinski definition) is 4. The van der Waals surface area contributed by atoms with Gasteiger partial charge in [-0.15, -0.1) is 11.8 Å². The van der Waals surface area contributed by atoms with Crippen LogP contribution in [0.25, 0.3) is 0 Å².